The summed E-state index contributed by atoms with van der Waals surface area (Å²) in [6.45, 7) is 0. The lowest BCUT2D eigenvalue weighted by atomic mass is 10.1. The predicted octanol–water partition coefficient (Wildman–Crippen LogP) is 1.53. The molecular weight excluding hydrogens is 162 g/mol. The van der Waals surface area contributed by atoms with Crippen molar-refractivity contribution in [1.82, 2.24) is 5.32 Å². The summed E-state index contributed by atoms with van der Waals surface area (Å²) in [5.41, 5.74) is 1.05. The summed E-state index contributed by atoms with van der Waals surface area (Å²) in [7, 11) is 1.77. The molecule has 0 fully saturated rings. The van der Waals surface area contributed by atoms with Crippen molar-refractivity contribution in [3.05, 3.63) is 48.2 Å². The minimum absolute atomic E-state index is 0.112. The van der Waals surface area contributed by atoms with Crippen LogP contribution in [0.2, 0.25) is 0 Å². The van der Waals surface area contributed by atoms with Gasteiger partial charge in [0.2, 0.25) is 0 Å². The van der Waals surface area contributed by atoms with E-state index in [1.165, 1.54) is 0 Å². The average molecular weight is 175 g/mol. The topological polar surface area (TPSA) is 29.1 Å². The molecule has 2 heteroatoms. The highest BCUT2D eigenvalue weighted by Gasteiger charge is 1.97. The molecule has 1 rings (SSSR count). The Morgan fingerprint density at radius 1 is 1.38 bits per heavy atom. The molecule has 68 valence electrons. The van der Waals surface area contributed by atoms with Crippen LogP contribution in [0.1, 0.15) is 5.56 Å². The van der Waals surface area contributed by atoms with Crippen molar-refractivity contribution >= 4 is 5.78 Å². The molecule has 0 aliphatic rings. The molecule has 0 heterocycles. The summed E-state index contributed by atoms with van der Waals surface area (Å²) in [4.78, 5) is 11.2. The van der Waals surface area contributed by atoms with E-state index >= 15 is 0 Å². The standard InChI is InChI=1S/C11H13NO/c1-12-8-7-11(13)9-10-5-3-2-4-6-10/h2-8,12H,9H2,1H3/b8-7+. The first-order chi connectivity index (χ1) is 6.33. The number of carbonyl (C=O) groups excluding carboxylic acids is 1. The van der Waals surface area contributed by atoms with Gasteiger partial charge in [-0.1, -0.05) is 30.3 Å². The van der Waals surface area contributed by atoms with Gasteiger partial charge < -0.3 is 5.32 Å². The van der Waals surface area contributed by atoms with Gasteiger partial charge in [0.25, 0.3) is 0 Å². The third-order valence-electron chi connectivity index (χ3n) is 1.66. The van der Waals surface area contributed by atoms with E-state index in [4.69, 9.17) is 0 Å². The zero-order chi connectivity index (χ0) is 9.52. The number of nitrogens with one attached hydrogen (secondary N) is 1. The fourth-order valence-electron chi connectivity index (χ4n) is 1.03. The summed E-state index contributed by atoms with van der Waals surface area (Å²) in [6.07, 6.45) is 3.66. The SMILES string of the molecule is CN/C=C/C(=O)Cc1ccccc1. The molecule has 2 nitrogen and oxygen atoms in total. The molecule has 0 radical (unpaired) electrons. The molecule has 13 heavy (non-hydrogen) atoms. The van der Waals surface area contributed by atoms with Crippen molar-refractivity contribution in [2.24, 2.45) is 0 Å². The van der Waals surface area contributed by atoms with Crippen LogP contribution in [0.15, 0.2) is 42.6 Å². The Morgan fingerprint density at radius 3 is 2.69 bits per heavy atom. The zero-order valence-electron chi connectivity index (χ0n) is 7.66. The fourth-order valence-corrected chi connectivity index (χ4v) is 1.03. The molecule has 0 aliphatic carbocycles. The fraction of sp³-hybridized carbons (Fsp3) is 0.182. The van der Waals surface area contributed by atoms with Gasteiger partial charge in [-0.05, 0) is 17.8 Å². The number of hydrogen-bond donors (Lipinski definition) is 1. The summed E-state index contributed by atoms with van der Waals surface area (Å²) in [5, 5.41) is 2.78. The molecule has 0 aliphatic heterocycles. The first kappa shape index (κ1) is 9.52. The Kier molecular flexibility index (Phi) is 3.76. The van der Waals surface area contributed by atoms with Crippen LogP contribution in [0.25, 0.3) is 0 Å². The first-order valence-electron chi connectivity index (χ1n) is 4.23. The largest absolute Gasteiger partial charge is 0.394 e. The van der Waals surface area contributed by atoms with E-state index < -0.39 is 0 Å². The highest BCUT2D eigenvalue weighted by Crippen LogP contribution is 2.00. The van der Waals surface area contributed by atoms with Crippen molar-refractivity contribution in [2.75, 3.05) is 7.05 Å². The second-order valence-electron chi connectivity index (χ2n) is 2.75. The van der Waals surface area contributed by atoms with Crippen molar-refractivity contribution in [1.29, 1.82) is 0 Å². The van der Waals surface area contributed by atoms with Crippen molar-refractivity contribution in [2.45, 2.75) is 6.42 Å². The average Bonchev–Trinajstić information content (AvgIpc) is 2.16. The smallest absolute Gasteiger partial charge is 0.161 e. The van der Waals surface area contributed by atoms with E-state index in [2.05, 4.69) is 5.32 Å². The Bertz CT molecular complexity index is 290. The van der Waals surface area contributed by atoms with Gasteiger partial charge in [0.05, 0.1) is 0 Å². The summed E-state index contributed by atoms with van der Waals surface area (Å²) in [6, 6.07) is 9.71. The molecule has 0 atom stereocenters. The summed E-state index contributed by atoms with van der Waals surface area (Å²) in [5.74, 6) is 0.112. The van der Waals surface area contributed by atoms with Crippen molar-refractivity contribution in [3.63, 3.8) is 0 Å². The number of carbonyl (C=O) groups is 1. The normalized spacial score (nSPS) is 10.2. The van der Waals surface area contributed by atoms with Crippen LogP contribution in [0.3, 0.4) is 0 Å². The van der Waals surface area contributed by atoms with Gasteiger partial charge in [0.1, 0.15) is 0 Å². The van der Waals surface area contributed by atoms with Gasteiger partial charge in [-0.15, -0.1) is 0 Å². The van der Waals surface area contributed by atoms with Gasteiger partial charge >= 0.3 is 0 Å². The second kappa shape index (κ2) is 5.14. The molecular formula is C11H13NO. The van der Waals surface area contributed by atoms with E-state index in [1.807, 2.05) is 30.3 Å². The Balaban J connectivity index is 2.50. The van der Waals surface area contributed by atoms with Gasteiger partial charge in [0, 0.05) is 13.5 Å². The molecule has 0 amide bonds. The van der Waals surface area contributed by atoms with Gasteiger partial charge in [-0.25, -0.2) is 0 Å². The molecule has 0 unspecified atom stereocenters. The van der Waals surface area contributed by atoms with Gasteiger partial charge in [0.15, 0.2) is 5.78 Å². The van der Waals surface area contributed by atoms with Crippen LogP contribution in [-0.4, -0.2) is 12.8 Å². The van der Waals surface area contributed by atoms with Crippen LogP contribution in [0.5, 0.6) is 0 Å². The monoisotopic (exact) mass is 175 g/mol. The van der Waals surface area contributed by atoms with Gasteiger partial charge in [-0.2, -0.15) is 0 Å². The lowest BCUT2D eigenvalue weighted by Crippen LogP contribution is -2.01. The van der Waals surface area contributed by atoms with Crippen LogP contribution < -0.4 is 5.32 Å². The summed E-state index contributed by atoms with van der Waals surface area (Å²) < 4.78 is 0. The Morgan fingerprint density at radius 2 is 2.08 bits per heavy atom. The predicted molar refractivity (Wildman–Crippen MR) is 53.4 cm³/mol. The Hall–Kier alpha value is -1.57. The number of ketones is 1. The molecule has 0 aromatic heterocycles. The number of benzene rings is 1. The molecule has 1 aromatic rings. The number of allylic oxidation sites excluding steroid dienone is 1. The molecule has 0 bridgehead atoms. The maximum Gasteiger partial charge on any atom is 0.161 e. The second-order valence-corrected chi connectivity index (χ2v) is 2.75. The lowest BCUT2D eigenvalue weighted by molar-refractivity contribution is -0.114. The maximum absolute atomic E-state index is 11.2. The first-order valence-corrected chi connectivity index (χ1v) is 4.23. The van der Waals surface area contributed by atoms with Crippen LogP contribution in [0, 0.1) is 0 Å². The quantitative estimate of drug-likeness (QED) is 0.703. The van der Waals surface area contributed by atoms with Crippen molar-refractivity contribution < 1.29 is 4.79 Å². The Labute approximate surface area is 78.3 Å². The molecule has 1 aromatic carbocycles. The minimum atomic E-state index is 0.112. The molecule has 0 saturated carbocycles. The molecule has 0 saturated heterocycles. The van der Waals surface area contributed by atoms with E-state index in [0.29, 0.717) is 6.42 Å². The van der Waals surface area contributed by atoms with Crippen LogP contribution >= 0.6 is 0 Å². The van der Waals surface area contributed by atoms with E-state index in [-0.39, 0.29) is 5.78 Å². The van der Waals surface area contributed by atoms with Crippen molar-refractivity contribution in [3.8, 4) is 0 Å². The number of hydrogen-bond acceptors (Lipinski definition) is 2. The van der Waals surface area contributed by atoms with Crippen LogP contribution in [0.4, 0.5) is 0 Å². The molecule has 1 N–H and O–H groups in total. The van der Waals surface area contributed by atoms with E-state index in [9.17, 15) is 4.79 Å². The van der Waals surface area contributed by atoms with E-state index in [1.54, 1.807) is 19.3 Å². The zero-order valence-corrected chi connectivity index (χ0v) is 7.66. The van der Waals surface area contributed by atoms with E-state index in [0.717, 1.165) is 5.56 Å². The third-order valence-corrected chi connectivity index (χ3v) is 1.66. The maximum atomic E-state index is 11.2. The van der Waals surface area contributed by atoms with Crippen LogP contribution in [-0.2, 0) is 11.2 Å². The highest BCUT2D eigenvalue weighted by atomic mass is 16.1. The summed E-state index contributed by atoms with van der Waals surface area (Å²) >= 11 is 0. The highest BCUT2D eigenvalue weighted by molar-refractivity contribution is 5.91. The lowest BCUT2D eigenvalue weighted by Gasteiger charge is -1.95. The number of rotatable bonds is 4. The third kappa shape index (κ3) is 3.56. The minimum Gasteiger partial charge on any atom is -0.394 e. The molecule has 0 spiro atoms. The van der Waals surface area contributed by atoms with Gasteiger partial charge in [-0.3, -0.25) is 4.79 Å².